The largest absolute Gasteiger partial charge is 0.308 e. The molecule has 2 heterocycles. The van der Waals surface area contributed by atoms with Crippen LogP contribution in [0.25, 0.3) is 10.2 Å². The lowest BCUT2D eigenvalue weighted by Crippen LogP contribution is -2.38. The Kier molecular flexibility index (Phi) is 6.15. The standard InChI is InChI=1S/C21H29N5OS/c1-7-16-8-9-17-19(13-16)28-21(22-17)25(11-10-24(5)6)20(27)18-12-15(4)23-26(18)14(2)3/h8-9,12-14H,7,10-11H2,1-6H3. The Morgan fingerprint density at radius 3 is 2.61 bits per heavy atom. The summed E-state index contributed by atoms with van der Waals surface area (Å²) in [6, 6.07) is 8.31. The Morgan fingerprint density at radius 2 is 1.96 bits per heavy atom. The van der Waals surface area contributed by atoms with E-state index in [0.29, 0.717) is 12.2 Å². The molecule has 0 saturated heterocycles. The molecule has 1 amide bonds. The van der Waals surface area contributed by atoms with Crippen LogP contribution in [0.3, 0.4) is 0 Å². The van der Waals surface area contributed by atoms with Crippen molar-refractivity contribution in [1.82, 2.24) is 19.7 Å². The van der Waals surface area contributed by atoms with Crippen LogP contribution in [0.2, 0.25) is 0 Å². The molecule has 28 heavy (non-hydrogen) atoms. The number of carbonyl (C=O) groups is 1. The third kappa shape index (κ3) is 4.25. The zero-order chi connectivity index (χ0) is 20.4. The number of fused-ring (bicyclic) bond motifs is 1. The zero-order valence-electron chi connectivity index (χ0n) is 17.6. The molecular weight excluding hydrogens is 370 g/mol. The highest BCUT2D eigenvalue weighted by Crippen LogP contribution is 2.31. The van der Waals surface area contributed by atoms with Crippen molar-refractivity contribution in [1.29, 1.82) is 0 Å². The lowest BCUT2D eigenvalue weighted by Gasteiger charge is -2.22. The fraction of sp³-hybridized carbons (Fsp3) is 0.476. The predicted octanol–water partition coefficient (Wildman–Crippen LogP) is 4.15. The van der Waals surface area contributed by atoms with Crippen molar-refractivity contribution >= 4 is 32.6 Å². The number of anilines is 1. The molecule has 0 fully saturated rings. The van der Waals surface area contributed by atoms with Crippen LogP contribution in [-0.4, -0.2) is 52.8 Å². The highest BCUT2D eigenvalue weighted by Gasteiger charge is 2.25. The number of thiazole rings is 1. The molecule has 2 aromatic heterocycles. The van der Waals surface area contributed by atoms with Crippen LogP contribution in [0.1, 0.15) is 48.6 Å². The number of hydrogen-bond acceptors (Lipinski definition) is 5. The van der Waals surface area contributed by atoms with Gasteiger partial charge in [-0.2, -0.15) is 5.10 Å². The van der Waals surface area contributed by atoms with Crippen LogP contribution >= 0.6 is 11.3 Å². The van der Waals surface area contributed by atoms with Crippen LogP contribution in [0.5, 0.6) is 0 Å². The molecule has 1 aromatic carbocycles. The van der Waals surface area contributed by atoms with Gasteiger partial charge in [-0.05, 0) is 65.0 Å². The second-order valence-corrected chi connectivity index (χ2v) is 8.63. The van der Waals surface area contributed by atoms with Crippen LogP contribution in [0, 0.1) is 6.92 Å². The van der Waals surface area contributed by atoms with Gasteiger partial charge < -0.3 is 4.90 Å². The van der Waals surface area contributed by atoms with E-state index in [1.165, 1.54) is 5.56 Å². The summed E-state index contributed by atoms with van der Waals surface area (Å²) in [5.74, 6) is -0.0501. The van der Waals surface area contributed by atoms with Crippen molar-refractivity contribution in [2.75, 3.05) is 32.1 Å². The molecule has 7 heteroatoms. The Bertz CT molecular complexity index is 972. The van der Waals surface area contributed by atoms with Crippen LogP contribution in [0.15, 0.2) is 24.3 Å². The van der Waals surface area contributed by atoms with Crippen molar-refractivity contribution in [3.05, 3.63) is 41.2 Å². The van der Waals surface area contributed by atoms with E-state index < -0.39 is 0 Å². The van der Waals surface area contributed by atoms with E-state index in [9.17, 15) is 4.79 Å². The molecule has 3 rings (SSSR count). The third-order valence-electron chi connectivity index (χ3n) is 4.66. The highest BCUT2D eigenvalue weighted by atomic mass is 32.1. The first-order valence-corrected chi connectivity index (χ1v) is 10.5. The summed E-state index contributed by atoms with van der Waals surface area (Å²) >= 11 is 1.58. The molecule has 0 N–H and O–H groups in total. The van der Waals surface area contributed by atoms with E-state index in [1.807, 2.05) is 51.7 Å². The predicted molar refractivity (Wildman–Crippen MR) is 117 cm³/mol. The van der Waals surface area contributed by atoms with Crippen molar-refractivity contribution < 1.29 is 4.79 Å². The van der Waals surface area contributed by atoms with Crippen molar-refractivity contribution in [2.24, 2.45) is 0 Å². The van der Waals surface area contributed by atoms with E-state index >= 15 is 0 Å². The molecule has 0 bridgehead atoms. The summed E-state index contributed by atoms with van der Waals surface area (Å²) in [6.07, 6.45) is 0.985. The average Bonchev–Trinajstić information content (AvgIpc) is 3.24. The molecule has 0 spiro atoms. The smallest absolute Gasteiger partial charge is 0.278 e. The number of aromatic nitrogens is 3. The summed E-state index contributed by atoms with van der Waals surface area (Å²) in [7, 11) is 4.02. The maximum atomic E-state index is 13.5. The SMILES string of the molecule is CCc1ccc2nc(N(CCN(C)C)C(=O)c3cc(C)nn3C(C)C)sc2c1. The van der Waals surface area contributed by atoms with Gasteiger partial charge in [-0.15, -0.1) is 0 Å². The Hall–Kier alpha value is -2.25. The number of benzene rings is 1. The molecular formula is C21H29N5OS. The summed E-state index contributed by atoms with van der Waals surface area (Å²) < 4.78 is 2.92. The van der Waals surface area contributed by atoms with E-state index in [4.69, 9.17) is 4.98 Å². The Balaban J connectivity index is 2.03. The minimum Gasteiger partial charge on any atom is -0.308 e. The Morgan fingerprint density at radius 1 is 1.21 bits per heavy atom. The molecule has 0 radical (unpaired) electrons. The minimum absolute atomic E-state index is 0.0501. The number of amides is 1. The first-order chi connectivity index (χ1) is 13.3. The quantitative estimate of drug-likeness (QED) is 0.599. The number of carbonyl (C=O) groups excluding carboxylic acids is 1. The van der Waals surface area contributed by atoms with Gasteiger partial charge in [0.1, 0.15) is 5.69 Å². The van der Waals surface area contributed by atoms with Crippen molar-refractivity contribution in [2.45, 2.75) is 40.2 Å². The minimum atomic E-state index is -0.0501. The maximum Gasteiger partial charge on any atom is 0.278 e. The number of hydrogen-bond donors (Lipinski definition) is 0. The molecule has 0 aliphatic rings. The Labute approximate surface area is 170 Å². The molecule has 6 nitrogen and oxygen atoms in total. The third-order valence-corrected chi connectivity index (χ3v) is 5.70. The number of likely N-dealkylation sites (N-methyl/N-ethyl adjacent to an activating group) is 1. The van der Waals surface area contributed by atoms with Crippen LogP contribution in [0.4, 0.5) is 5.13 Å². The fourth-order valence-corrected chi connectivity index (χ4v) is 4.14. The number of nitrogens with zero attached hydrogens (tertiary/aromatic N) is 5. The molecule has 0 aliphatic heterocycles. The second-order valence-electron chi connectivity index (χ2n) is 7.62. The van der Waals surface area contributed by atoms with E-state index in [2.05, 4.69) is 29.1 Å². The van der Waals surface area contributed by atoms with Crippen molar-refractivity contribution in [3.8, 4) is 0 Å². The first-order valence-electron chi connectivity index (χ1n) is 9.72. The van der Waals surface area contributed by atoms with E-state index in [-0.39, 0.29) is 11.9 Å². The van der Waals surface area contributed by atoms with Crippen LogP contribution < -0.4 is 4.90 Å². The molecule has 0 atom stereocenters. The summed E-state index contributed by atoms with van der Waals surface area (Å²) in [5, 5.41) is 5.25. The lowest BCUT2D eigenvalue weighted by molar-refractivity contribution is 0.0973. The van der Waals surface area contributed by atoms with Gasteiger partial charge in [0.05, 0.1) is 15.9 Å². The topological polar surface area (TPSA) is 54.3 Å². The fourth-order valence-electron chi connectivity index (χ4n) is 3.08. The molecule has 0 saturated carbocycles. The van der Waals surface area contributed by atoms with Crippen molar-refractivity contribution in [3.63, 3.8) is 0 Å². The molecule has 150 valence electrons. The first kappa shape index (κ1) is 20.5. The summed E-state index contributed by atoms with van der Waals surface area (Å²) in [6.45, 7) is 9.48. The van der Waals surface area contributed by atoms with Gasteiger partial charge in [-0.3, -0.25) is 14.4 Å². The van der Waals surface area contributed by atoms with E-state index in [1.54, 1.807) is 16.2 Å². The monoisotopic (exact) mass is 399 g/mol. The molecule has 3 aromatic rings. The maximum absolute atomic E-state index is 13.5. The van der Waals surface area contributed by atoms with Gasteiger partial charge in [0.15, 0.2) is 5.13 Å². The summed E-state index contributed by atoms with van der Waals surface area (Å²) in [5.41, 5.74) is 3.68. The normalized spacial score (nSPS) is 11.7. The van der Waals surface area contributed by atoms with Gasteiger partial charge in [-0.1, -0.05) is 24.3 Å². The highest BCUT2D eigenvalue weighted by molar-refractivity contribution is 7.22. The lowest BCUT2D eigenvalue weighted by atomic mass is 10.2. The molecule has 0 aliphatic carbocycles. The van der Waals surface area contributed by atoms with Gasteiger partial charge in [0, 0.05) is 19.1 Å². The van der Waals surface area contributed by atoms with Gasteiger partial charge in [-0.25, -0.2) is 4.98 Å². The number of aryl methyl sites for hydroxylation is 2. The molecule has 0 unspecified atom stereocenters. The average molecular weight is 400 g/mol. The van der Waals surface area contributed by atoms with Gasteiger partial charge in [0.2, 0.25) is 0 Å². The van der Waals surface area contributed by atoms with Gasteiger partial charge >= 0.3 is 0 Å². The van der Waals surface area contributed by atoms with E-state index in [0.717, 1.165) is 34.0 Å². The van der Waals surface area contributed by atoms with Crippen LogP contribution in [-0.2, 0) is 6.42 Å². The summed E-state index contributed by atoms with van der Waals surface area (Å²) in [4.78, 5) is 22.2. The van der Waals surface area contributed by atoms with Gasteiger partial charge in [0.25, 0.3) is 5.91 Å². The zero-order valence-corrected chi connectivity index (χ0v) is 18.4. The number of rotatable bonds is 7. The second kappa shape index (κ2) is 8.41.